The Kier molecular flexibility index (Phi) is 9.25. The van der Waals surface area contributed by atoms with Crippen molar-refractivity contribution in [3.05, 3.63) is 36.4 Å². The molecule has 0 bridgehead atoms. The van der Waals surface area contributed by atoms with E-state index in [-0.39, 0.29) is 69.7 Å². The Hall–Kier alpha value is -3.80. The fraction of sp³-hybridized carbons (Fsp3) is 0.357. The highest BCUT2D eigenvalue weighted by atomic mass is 32.2. The number of hydrogen-bond donors (Lipinski definition) is 8. The summed E-state index contributed by atoms with van der Waals surface area (Å²) in [6.07, 6.45) is 0.460. The first-order chi connectivity index (χ1) is 20.5. The van der Waals surface area contributed by atoms with Crippen molar-refractivity contribution in [2.24, 2.45) is 23.3 Å². The number of carbonyl (C=O) groups is 2. The van der Waals surface area contributed by atoms with Gasteiger partial charge in [-0.3, -0.25) is 9.59 Å². The number of carboxylic acid groups (broad SMARTS) is 2. The van der Waals surface area contributed by atoms with Gasteiger partial charge in [-0.2, -0.15) is 0 Å². The summed E-state index contributed by atoms with van der Waals surface area (Å²) in [5, 5.41) is 40.7. The van der Waals surface area contributed by atoms with E-state index >= 15 is 0 Å². The van der Waals surface area contributed by atoms with Gasteiger partial charge in [0, 0.05) is 51.5 Å². The maximum atomic E-state index is 13.8. The molecular formula is C28H34N4O10S2. The molecule has 0 spiro atoms. The molecule has 0 fully saturated rings. The standard InChI is InChI=1S/C28H34N4O10S2/c1-3-13(25(29)27(35)36)11-31-43(39,40)21-10-22(44(41,42)32-12-14(4-2)26(30)28(37)38)18-8-6-16-20(34)9-19(33)15-5-7-17(21)24(18)23(15)16/h5-10,13-14,25-26,31-34H,3-4,11-12,29-30H2,1-2H3,(H,35,36)(H,37,38). The molecule has 0 aliphatic carbocycles. The number of rotatable bonds is 14. The lowest BCUT2D eigenvalue weighted by molar-refractivity contribution is -0.140. The third kappa shape index (κ3) is 5.96. The van der Waals surface area contributed by atoms with Crippen molar-refractivity contribution in [2.45, 2.75) is 48.6 Å². The van der Waals surface area contributed by atoms with Crippen LogP contribution in [0.25, 0.3) is 32.3 Å². The predicted octanol–water partition coefficient (Wildman–Crippen LogP) is 1.43. The van der Waals surface area contributed by atoms with Crippen LogP contribution in [-0.4, -0.2) is 74.4 Å². The van der Waals surface area contributed by atoms with Crippen LogP contribution in [0.3, 0.4) is 0 Å². The number of carboxylic acids is 2. The van der Waals surface area contributed by atoms with Crippen LogP contribution in [-0.2, 0) is 29.6 Å². The Balaban J connectivity index is 1.96. The number of nitrogens with two attached hydrogens (primary N) is 2. The van der Waals surface area contributed by atoms with Crippen molar-refractivity contribution in [3.8, 4) is 11.5 Å². The van der Waals surface area contributed by atoms with Crippen LogP contribution in [0, 0.1) is 11.8 Å². The topological polar surface area (TPSA) is 259 Å². The van der Waals surface area contributed by atoms with Gasteiger partial charge in [0.2, 0.25) is 20.0 Å². The summed E-state index contributed by atoms with van der Waals surface area (Å²) in [5.41, 5.74) is 11.5. The summed E-state index contributed by atoms with van der Waals surface area (Å²) >= 11 is 0. The monoisotopic (exact) mass is 650 g/mol. The van der Waals surface area contributed by atoms with Gasteiger partial charge in [-0.1, -0.05) is 26.0 Å². The van der Waals surface area contributed by atoms with E-state index < -0.39 is 65.7 Å². The number of phenols is 2. The summed E-state index contributed by atoms with van der Waals surface area (Å²) in [4.78, 5) is 21.9. The van der Waals surface area contributed by atoms with Crippen molar-refractivity contribution in [1.29, 1.82) is 0 Å². The molecular weight excluding hydrogens is 616 g/mol. The molecule has 4 aromatic carbocycles. The molecule has 10 N–H and O–H groups in total. The zero-order valence-corrected chi connectivity index (χ0v) is 25.4. The Morgan fingerprint density at radius 2 is 1.02 bits per heavy atom. The number of sulfonamides is 2. The second-order valence-electron chi connectivity index (χ2n) is 10.6. The normalized spacial score (nSPS) is 15.5. The van der Waals surface area contributed by atoms with E-state index in [1.54, 1.807) is 13.8 Å². The van der Waals surface area contributed by atoms with Crippen LogP contribution < -0.4 is 20.9 Å². The minimum Gasteiger partial charge on any atom is -0.507 e. The SMILES string of the molecule is CCC(CNS(=O)(=O)c1cc(S(=O)(=O)NCC(CC)C(N)C(=O)O)c2ccc3c(O)cc(O)c4ccc1c2c43)C(N)C(=O)O. The average Bonchev–Trinajstić information content (AvgIpc) is 2.96. The van der Waals surface area contributed by atoms with Crippen molar-refractivity contribution < 1.29 is 46.9 Å². The lowest BCUT2D eigenvalue weighted by Gasteiger charge is -2.22. The maximum Gasteiger partial charge on any atom is 0.320 e. The summed E-state index contributed by atoms with van der Waals surface area (Å²) in [6, 6.07) is 5.04. The van der Waals surface area contributed by atoms with Crippen LogP contribution >= 0.6 is 0 Å². The zero-order valence-electron chi connectivity index (χ0n) is 23.8. The van der Waals surface area contributed by atoms with Crippen LogP contribution in [0.1, 0.15) is 26.7 Å². The summed E-state index contributed by atoms with van der Waals surface area (Å²) in [6.45, 7) is 2.57. The minimum absolute atomic E-state index is 0.0736. The number of hydrogen-bond acceptors (Lipinski definition) is 10. The number of benzene rings is 4. The van der Waals surface area contributed by atoms with Gasteiger partial charge in [0.05, 0.1) is 9.79 Å². The quantitative estimate of drug-likeness (QED) is 0.0902. The van der Waals surface area contributed by atoms with E-state index in [0.29, 0.717) is 0 Å². The molecule has 4 aromatic rings. The Labute approximate surface area is 253 Å². The second-order valence-corrected chi connectivity index (χ2v) is 14.1. The van der Waals surface area contributed by atoms with E-state index in [4.69, 9.17) is 11.5 Å². The predicted molar refractivity (Wildman–Crippen MR) is 163 cm³/mol. The van der Waals surface area contributed by atoms with Crippen LogP contribution in [0.15, 0.2) is 46.2 Å². The molecule has 0 radical (unpaired) electrons. The molecule has 0 aliphatic heterocycles. The van der Waals surface area contributed by atoms with Gasteiger partial charge in [0.25, 0.3) is 0 Å². The molecule has 0 saturated carbocycles. The van der Waals surface area contributed by atoms with Crippen LogP contribution in [0.2, 0.25) is 0 Å². The Morgan fingerprint density at radius 3 is 1.36 bits per heavy atom. The second kappa shape index (κ2) is 12.3. The van der Waals surface area contributed by atoms with Gasteiger partial charge in [0.1, 0.15) is 23.6 Å². The summed E-state index contributed by atoms with van der Waals surface area (Å²) in [7, 11) is -9.05. The summed E-state index contributed by atoms with van der Waals surface area (Å²) in [5.74, 6) is -4.84. The molecule has 0 aromatic heterocycles. The molecule has 0 aliphatic rings. The lowest BCUT2D eigenvalue weighted by Crippen LogP contribution is -2.44. The average molecular weight is 651 g/mol. The number of nitrogens with one attached hydrogen (secondary N) is 2. The van der Waals surface area contributed by atoms with Crippen molar-refractivity contribution in [1.82, 2.24) is 9.44 Å². The first-order valence-electron chi connectivity index (χ1n) is 13.7. The third-order valence-electron chi connectivity index (χ3n) is 8.06. The summed E-state index contributed by atoms with van der Waals surface area (Å²) < 4.78 is 59.9. The van der Waals surface area contributed by atoms with E-state index in [9.17, 15) is 46.9 Å². The molecule has 0 saturated heterocycles. The van der Waals surface area contributed by atoms with E-state index in [0.717, 1.165) is 12.1 Å². The molecule has 238 valence electrons. The van der Waals surface area contributed by atoms with E-state index in [1.807, 2.05) is 0 Å². The highest BCUT2D eigenvalue weighted by Crippen LogP contribution is 2.45. The Morgan fingerprint density at radius 1 is 0.682 bits per heavy atom. The molecule has 14 nitrogen and oxygen atoms in total. The highest BCUT2D eigenvalue weighted by molar-refractivity contribution is 7.90. The fourth-order valence-corrected chi connectivity index (χ4v) is 8.10. The molecule has 0 heterocycles. The molecule has 4 rings (SSSR count). The number of aliphatic carboxylic acids is 2. The number of aromatic hydroxyl groups is 2. The smallest absolute Gasteiger partial charge is 0.320 e. The largest absolute Gasteiger partial charge is 0.507 e. The first kappa shape index (κ1) is 33.1. The van der Waals surface area contributed by atoms with Crippen LogP contribution in [0.4, 0.5) is 0 Å². The van der Waals surface area contributed by atoms with Crippen molar-refractivity contribution in [2.75, 3.05) is 13.1 Å². The van der Waals surface area contributed by atoms with Crippen LogP contribution in [0.5, 0.6) is 11.5 Å². The molecule has 16 heteroatoms. The minimum atomic E-state index is -4.53. The van der Waals surface area contributed by atoms with Gasteiger partial charge in [-0.05, 0) is 42.9 Å². The van der Waals surface area contributed by atoms with Gasteiger partial charge in [-0.15, -0.1) is 0 Å². The molecule has 4 unspecified atom stereocenters. The van der Waals surface area contributed by atoms with Gasteiger partial charge in [-0.25, -0.2) is 26.3 Å². The van der Waals surface area contributed by atoms with E-state index in [1.165, 1.54) is 24.3 Å². The zero-order chi connectivity index (χ0) is 32.7. The number of phenolic OH excluding ortho intramolecular Hbond substituents is 2. The third-order valence-corrected chi connectivity index (χ3v) is 11.0. The Bertz CT molecular complexity index is 1830. The molecule has 0 amide bonds. The van der Waals surface area contributed by atoms with E-state index in [2.05, 4.69) is 9.44 Å². The molecule has 44 heavy (non-hydrogen) atoms. The van der Waals surface area contributed by atoms with Crippen molar-refractivity contribution in [3.63, 3.8) is 0 Å². The first-order valence-corrected chi connectivity index (χ1v) is 16.6. The fourth-order valence-electron chi connectivity index (χ4n) is 5.38. The van der Waals surface area contributed by atoms with Gasteiger partial charge >= 0.3 is 11.9 Å². The maximum absolute atomic E-state index is 13.8. The van der Waals surface area contributed by atoms with Gasteiger partial charge < -0.3 is 31.9 Å². The molecule has 4 atom stereocenters. The lowest BCUT2D eigenvalue weighted by atomic mass is 9.93. The van der Waals surface area contributed by atoms with Crippen molar-refractivity contribution >= 4 is 64.3 Å². The van der Waals surface area contributed by atoms with Gasteiger partial charge in [0.15, 0.2) is 0 Å². The highest BCUT2D eigenvalue weighted by Gasteiger charge is 2.31.